The van der Waals surface area contributed by atoms with Gasteiger partial charge in [-0.25, -0.2) is 4.98 Å². The Morgan fingerprint density at radius 2 is 2.44 bits per heavy atom. The standard InChI is InChI=1S/C11H13N2O2S/c1-4-14-8(3)11-12-9(6-16-11)10-5-7(2)13-15-10/h5-6,8H,3-4H2,1-2H3. The first-order valence-corrected chi connectivity index (χ1v) is 5.92. The second-order valence-corrected chi connectivity index (χ2v) is 4.24. The van der Waals surface area contributed by atoms with E-state index in [1.165, 1.54) is 11.3 Å². The highest BCUT2D eigenvalue weighted by Crippen LogP contribution is 2.27. The molecule has 1 unspecified atom stereocenters. The highest BCUT2D eigenvalue weighted by atomic mass is 32.1. The predicted molar refractivity (Wildman–Crippen MR) is 62.1 cm³/mol. The molecule has 85 valence electrons. The molecule has 0 N–H and O–H groups in total. The van der Waals surface area contributed by atoms with Gasteiger partial charge in [0.15, 0.2) is 5.76 Å². The molecule has 0 bridgehead atoms. The van der Waals surface area contributed by atoms with Crippen LogP contribution in [0.1, 0.15) is 23.7 Å². The molecule has 2 rings (SSSR count). The summed E-state index contributed by atoms with van der Waals surface area (Å²) < 4.78 is 10.5. The van der Waals surface area contributed by atoms with Crippen LogP contribution in [0.2, 0.25) is 0 Å². The summed E-state index contributed by atoms with van der Waals surface area (Å²) in [6.07, 6.45) is -0.215. The molecular formula is C11H13N2O2S. The Morgan fingerprint density at radius 3 is 3.06 bits per heavy atom. The number of rotatable bonds is 4. The van der Waals surface area contributed by atoms with E-state index in [-0.39, 0.29) is 6.10 Å². The van der Waals surface area contributed by atoms with E-state index in [2.05, 4.69) is 17.1 Å². The molecule has 0 fully saturated rings. The van der Waals surface area contributed by atoms with Crippen molar-refractivity contribution in [3.63, 3.8) is 0 Å². The maximum atomic E-state index is 5.37. The average molecular weight is 237 g/mol. The SMILES string of the molecule is [CH2]C(OCC)c1nc(-c2cc(C)no2)cs1. The maximum Gasteiger partial charge on any atom is 0.186 e. The van der Waals surface area contributed by atoms with E-state index < -0.39 is 0 Å². The molecule has 0 saturated carbocycles. The zero-order chi connectivity index (χ0) is 11.5. The van der Waals surface area contributed by atoms with E-state index in [1.54, 1.807) is 0 Å². The highest BCUT2D eigenvalue weighted by molar-refractivity contribution is 7.10. The van der Waals surface area contributed by atoms with Gasteiger partial charge in [0.05, 0.1) is 5.69 Å². The lowest BCUT2D eigenvalue weighted by atomic mass is 10.3. The summed E-state index contributed by atoms with van der Waals surface area (Å²) in [7, 11) is 0. The third-order valence-corrected chi connectivity index (χ3v) is 2.98. The minimum atomic E-state index is -0.215. The van der Waals surface area contributed by atoms with Gasteiger partial charge < -0.3 is 9.26 Å². The van der Waals surface area contributed by atoms with Gasteiger partial charge in [0, 0.05) is 18.1 Å². The van der Waals surface area contributed by atoms with Gasteiger partial charge in [-0.3, -0.25) is 0 Å². The van der Waals surface area contributed by atoms with Gasteiger partial charge in [0.25, 0.3) is 0 Å². The molecule has 0 aromatic carbocycles. The zero-order valence-electron chi connectivity index (χ0n) is 9.27. The molecule has 16 heavy (non-hydrogen) atoms. The smallest absolute Gasteiger partial charge is 0.186 e. The Balaban J connectivity index is 2.19. The Labute approximate surface area is 98.3 Å². The van der Waals surface area contributed by atoms with Crippen LogP contribution in [0, 0.1) is 13.8 Å². The molecule has 0 amide bonds. The van der Waals surface area contributed by atoms with Gasteiger partial charge in [0.2, 0.25) is 0 Å². The van der Waals surface area contributed by atoms with Crippen molar-refractivity contribution in [2.75, 3.05) is 6.61 Å². The van der Waals surface area contributed by atoms with Gasteiger partial charge in [-0.15, -0.1) is 11.3 Å². The van der Waals surface area contributed by atoms with Crippen molar-refractivity contribution in [2.24, 2.45) is 0 Å². The molecule has 1 radical (unpaired) electrons. The third kappa shape index (κ3) is 2.31. The van der Waals surface area contributed by atoms with Crippen molar-refractivity contribution in [1.82, 2.24) is 10.1 Å². The molecular weight excluding hydrogens is 224 g/mol. The fraction of sp³-hybridized carbons (Fsp3) is 0.364. The number of hydrogen-bond donors (Lipinski definition) is 0. The normalized spacial score (nSPS) is 12.9. The first kappa shape index (κ1) is 11.3. The zero-order valence-corrected chi connectivity index (χ0v) is 10.1. The Bertz CT molecular complexity index is 464. The minimum absolute atomic E-state index is 0.215. The third-order valence-electron chi connectivity index (χ3n) is 2.05. The summed E-state index contributed by atoms with van der Waals surface area (Å²) in [4.78, 5) is 4.41. The second-order valence-electron chi connectivity index (χ2n) is 3.35. The molecule has 1 atom stereocenters. The van der Waals surface area contributed by atoms with Crippen molar-refractivity contribution >= 4 is 11.3 Å². The number of aromatic nitrogens is 2. The Morgan fingerprint density at radius 1 is 1.62 bits per heavy atom. The number of aryl methyl sites for hydroxylation is 1. The van der Waals surface area contributed by atoms with Crippen LogP contribution in [-0.4, -0.2) is 16.7 Å². The summed E-state index contributed by atoms with van der Waals surface area (Å²) in [5, 5.41) is 6.60. The van der Waals surface area contributed by atoms with Crippen LogP contribution in [0.25, 0.3) is 11.5 Å². The van der Waals surface area contributed by atoms with Crippen LogP contribution in [0.5, 0.6) is 0 Å². The lowest BCUT2D eigenvalue weighted by Crippen LogP contribution is -1.98. The van der Waals surface area contributed by atoms with E-state index in [9.17, 15) is 0 Å². The quantitative estimate of drug-likeness (QED) is 0.820. The molecule has 5 heteroatoms. The summed E-state index contributed by atoms with van der Waals surface area (Å²) >= 11 is 1.52. The molecule has 2 aromatic heterocycles. The largest absolute Gasteiger partial charge is 0.371 e. The summed E-state index contributed by atoms with van der Waals surface area (Å²) in [6, 6.07) is 1.86. The van der Waals surface area contributed by atoms with Crippen LogP contribution in [0.15, 0.2) is 16.0 Å². The van der Waals surface area contributed by atoms with Crippen molar-refractivity contribution in [3.05, 3.63) is 29.1 Å². The predicted octanol–water partition coefficient (Wildman–Crippen LogP) is 3.02. The van der Waals surface area contributed by atoms with Gasteiger partial charge >= 0.3 is 0 Å². The summed E-state index contributed by atoms with van der Waals surface area (Å²) in [5.74, 6) is 0.684. The average Bonchev–Trinajstić information content (AvgIpc) is 2.85. The second kappa shape index (κ2) is 4.76. The first-order chi connectivity index (χ1) is 7.70. The number of ether oxygens (including phenoxy) is 1. The van der Waals surface area contributed by atoms with Crippen LogP contribution in [-0.2, 0) is 4.74 Å². The number of nitrogens with zero attached hydrogens (tertiary/aromatic N) is 2. The van der Waals surface area contributed by atoms with E-state index in [4.69, 9.17) is 9.26 Å². The monoisotopic (exact) mass is 237 g/mol. The lowest BCUT2D eigenvalue weighted by Gasteiger charge is -2.06. The molecule has 0 aliphatic rings. The Kier molecular flexibility index (Phi) is 3.36. The lowest BCUT2D eigenvalue weighted by molar-refractivity contribution is 0.0947. The molecule has 2 heterocycles. The topological polar surface area (TPSA) is 48.2 Å². The van der Waals surface area contributed by atoms with Crippen molar-refractivity contribution in [3.8, 4) is 11.5 Å². The summed E-state index contributed by atoms with van der Waals surface area (Å²) in [6.45, 7) is 8.34. The van der Waals surface area contributed by atoms with Crippen LogP contribution in [0.3, 0.4) is 0 Å². The minimum Gasteiger partial charge on any atom is -0.371 e. The fourth-order valence-corrected chi connectivity index (χ4v) is 2.08. The highest BCUT2D eigenvalue weighted by Gasteiger charge is 2.13. The van der Waals surface area contributed by atoms with Gasteiger partial charge in [-0.2, -0.15) is 0 Å². The number of thiazole rings is 1. The molecule has 4 nitrogen and oxygen atoms in total. The van der Waals surface area contributed by atoms with Crippen LogP contribution in [0.4, 0.5) is 0 Å². The Hall–Kier alpha value is -1.20. The molecule has 0 saturated heterocycles. The van der Waals surface area contributed by atoms with Crippen LogP contribution >= 0.6 is 11.3 Å². The van der Waals surface area contributed by atoms with E-state index in [0.717, 1.165) is 16.4 Å². The van der Waals surface area contributed by atoms with Crippen molar-refractivity contribution in [1.29, 1.82) is 0 Å². The molecule has 2 aromatic rings. The van der Waals surface area contributed by atoms with E-state index in [0.29, 0.717) is 12.4 Å². The van der Waals surface area contributed by atoms with Crippen molar-refractivity contribution < 1.29 is 9.26 Å². The van der Waals surface area contributed by atoms with E-state index >= 15 is 0 Å². The fourth-order valence-electron chi connectivity index (χ4n) is 1.31. The maximum absolute atomic E-state index is 5.37. The molecule has 0 spiro atoms. The van der Waals surface area contributed by atoms with Crippen LogP contribution < -0.4 is 0 Å². The van der Waals surface area contributed by atoms with E-state index in [1.807, 2.05) is 25.3 Å². The summed E-state index contributed by atoms with van der Waals surface area (Å²) in [5.41, 5.74) is 1.63. The van der Waals surface area contributed by atoms with Gasteiger partial charge in [-0.1, -0.05) is 5.16 Å². The molecule has 0 aliphatic carbocycles. The first-order valence-electron chi connectivity index (χ1n) is 5.04. The van der Waals surface area contributed by atoms with Crippen molar-refractivity contribution in [2.45, 2.75) is 20.0 Å². The number of hydrogen-bond acceptors (Lipinski definition) is 5. The molecule has 0 aliphatic heterocycles. The van der Waals surface area contributed by atoms with Gasteiger partial charge in [0.1, 0.15) is 16.8 Å². The van der Waals surface area contributed by atoms with Gasteiger partial charge in [-0.05, 0) is 20.8 Å².